The number of hydroxylamine groups is 1. The second kappa shape index (κ2) is 15.4. The van der Waals surface area contributed by atoms with Crippen molar-refractivity contribution in [3.63, 3.8) is 0 Å². The van der Waals surface area contributed by atoms with Crippen LogP contribution in [0.3, 0.4) is 0 Å². The number of amides is 3. The topological polar surface area (TPSA) is 149 Å². The molecule has 13 heteroatoms. The number of carbonyl (C=O) groups is 3. The minimum absolute atomic E-state index is 0.0347. The Morgan fingerprint density at radius 3 is 2.05 bits per heavy atom. The van der Waals surface area contributed by atoms with E-state index in [1.807, 2.05) is 0 Å². The molecule has 2 rings (SSSR count). The minimum Gasteiger partial charge on any atom is -0.333 e. The number of azo groups is 1. The summed E-state index contributed by atoms with van der Waals surface area (Å²) < 4.78 is 36.5. The van der Waals surface area contributed by atoms with Gasteiger partial charge in [0.25, 0.3) is 5.91 Å². The molecule has 0 aromatic heterocycles. The van der Waals surface area contributed by atoms with Crippen LogP contribution >= 0.6 is 0 Å². The van der Waals surface area contributed by atoms with Gasteiger partial charge in [0.2, 0.25) is 11.8 Å². The van der Waals surface area contributed by atoms with Crippen molar-refractivity contribution in [2.24, 2.45) is 16.0 Å². The van der Waals surface area contributed by atoms with Gasteiger partial charge < -0.3 is 16.0 Å². The van der Waals surface area contributed by atoms with Crippen LogP contribution in [0.5, 0.6) is 0 Å². The average Bonchev–Trinajstić information content (AvgIpc) is 2.89. The van der Waals surface area contributed by atoms with Crippen LogP contribution in [-0.2, 0) is 16.1 Å². The maximum Gasteiger partial charge on any atom is 0.521 e. The molecule has 0 atom stereocenters. The molecule has 0 spiro atoms. The molecule has 0 saturated heterocycles. The summed E-state index contributed by atoms with van der Waals surface area (Å²) in [5.74, 6) is -0.884. The molecule has 0 aliphatic heterocycles. The number of rotatable bonds is 14. The monoisotopic (exact) mass is 536 g/mol. The predicted molar refractivity (Wildman–Crippen MR) is 134 cm³/mol. The normalized spacial score (nSPS) is 11.4. The minimum atomic E-state index is -4.75. The fourth-order valence-electron chi connectivity index (χ4n) is 3.49. The molecule has 38 heavy (non-hydrogen) atoms. The average molecular weight is 537 g/mol. The second-order valence-corrected chi connectivity index (χ2v) is 8.42. The van der Waals surface area contributed by atoms with Crippen LogP contribution < -0.4 is 16.5 Å². The molecule has 0 bridgehead atoms. The van der Waals surface area contributed by atoms with Crippen LogP contribution in [0.15, 0.2) is 58.8 Å². The van der Waals surface area contributed by atoms with Crippen molar-refractivity contribution < 1.29 is 32.8 Å². The lowest BCUT2D eigenvalue weighted by molar-refractivity contribution is -0.129. The number of carbonyl (C=O) groups excluding carboxylic acids is 3. The number of benzene rings is 2. The lowest BCUT2D eigenvalue weighted by Gasteiger charge is -2.22. The van der Waals surface area contributed by atoms with Gasteiger partial charge in [0.05, 0.1) is 5.69 Å². The highest BCUT2D eigenvalue weighted by molar-refractivity contribution is 5.95. The fraction of sp³-hybridized carbons (Fsp3) is 0.400. The molecule has 2 aromatic rings. The molecule has 0 radical (unpaired) electrons. The highest BCUT2D eigenvalue weighted by atomic mass is 19.4. The third kappa shape index (κ3) is 11.5. The summed E-state index contributed by atoms with van der Waals surface area (Å²) in [4.78, 5) is 37.6. The number of halogens is 3. The molecule has 0 saturated carbocycles. The summed E-state index contributed by atoms with van der Waals surface area (Å²) in [6.07, 6.45) is -1.37. The molecule has 2 aromatic carbocycles. The number of alkyl halides is 3. The third-order valence-electron chi connectivity index (χ3n) is 5.37. The van der Waals surface area contributed by atoms with Crippen molar-refractivity contribution in [3.8, 4) is 0 Å². The Labute approximate surface area is 218 Å². The van der Waals surface area contributed by atoms with Gasteiger partial charge in [0, 0.05) is 43.7 Å². The van der Waals surface area contributed by atoms with Gasteiger partial charge in [-0.05, 0) is 54.8 Å². The van der Waals surface area contributed by atoms with E-state index < -0.39 is 12.2 Å². The number of hydrogen-bond donors (Lipinski definition) is 4. The van der Waals surface area contributed by atoms with Crippen molar-refractivity contribution in [2.75, 3.05) is 18.4 Å². The molecule has 10 nitrogen and oxygen atoms in total. The standard InChI is InChI=1S/C25H31F3N6O4/c26-25(27,28)33-31-21-11-7-18(8-12-21)17-34(16-15-29)24(37)19-9-13-20(14-10-19)30-22(35)5-3-1-2-4-6-23(36)32-38/h7-14,38H,1-6,15-17,29H2,(H,30,35)(H,32,36). The third-order valence-corrected chi connectivity index (χ3v) is 5.37. The van der Waals surface area contributed by atoms with Crippen LogP contribution in [0.25, 0.3) is 0 Å². The zero-order chi connectivity index (χ0) is 28.0. The van der Waals surface area contributed by atoms with Gasteiger partial charge in [0.15, 0.2) is 0 Å². The van der Waals surface area contributed by atoms with Gasteiger partial charge in [0.1, 0.15) is 0 Å². The van der Waals surface area contributed by atoms with Crippen molar-refractivity contribution in [3.05, 3.63) is 59.7 Å². The van der Waals surface area contributed by atoms with Crippen molar-refractivity contribution in [1.82, 2.24) is 10.4 Å². The maximum absolute atomic E-state index is 13.0. The van der Waals surface area contributed by atoms with Gasteiger partial charge >= 0.3 is 6.30 Å². The smallest absolute Gasteiger partial charge is 0.333 e. The van der Waals surface area contributed by atoms with Crippen LogP contribution in [-0.4, -0.2) is 47.2 Å². The Bertz CT molecular complexity index is 1080. The number of hydrogen-bond acceptors (Lipinski definition) is 7. The van der Waals surface area contributed by atoms with Crippen molar-refractivity contribution in [2.45, 2.75) is 51.4 Å². The van der Waals surface area contributed by atoms with Crippen LogP contribution in [0.1, 0.15) is 54.4 Å². The number of nitrogens with two attached hydrogens (primary N) is 1. The molecule has 0 aliphatic rings. The van der Waals surface area contributed by atoms with E-state index in [-0.39, 0.29) is 43.6 Å². The molecule has 206 valence electrons. The first-order valence-electron chi connectivity index (χ1n) is 12.0. The molecular formula is C25H31F3N6O4. The first-order valence-corrected chi connectivity index (χ1v) is 12.0. The van der Waals surface area contributed by atoms with E-state index in [0.29, 0.717) is 36.1 Å². The first kappa shape index (κ1) is 30.4. The van der Waals surface area contributed by atoms with E-state index in [9.17, 15) is 27.6 Å². The molecule has 0 aliphatic carbocycles. The lowest BCUT2D eigenvalue weighted by Crippen LogP contribution is -2.34. The van der Waals surface area contributed by atoms with Crippen LogP contribution in [0, 0.1) is 0 Å². The zero-order valence-corrected chi connectivity index (χ0v) is 20.7. The molecular weight excluding hydrogens is 505 g/mol. The lowest BCUT2D eigenvalue weighted by atomic mass is 10.1. The molecule has 0 fully saturated rings. The maximum atomic E-state index is 13.0. The first-order chi connectivity index (χ1) is 18.1. The summed E-state index contributed by atoms with van der Waals surface area (Å²) in [6.45, 7) is 0.666. The van der Waals surface area contributed by atoms with E-state index in [1.54, 1.807) is 41.9 Å². The molecule has 5 N–H and O–H groups in total. The number of unbranched alkanes of at least 4 members (excludes halogenated alkanes) is 3. The SMILES string of the molecule is NCCN(Cc1ccc(N=NC(F)(F)F)cc1)C(=O)c1ccc(NC(=O)CCCCCCC(=O)NO)cc1. The quantitative estimate of drug-likeness (QED) is 0.0910. The highest BCUT2D eigenvalue weighted by Crippen LogP contribution is 2.22. The van der Waals surface area contributed by atoms with Gasteiger partial charge in [-0.3, -0.25) is 19.6 Å². The largest absolute Gasteiger partial charge is 0.521 e. The van der Waals surface area contributed by atoms with Gasteiger partial charge in [-0.25, -0.2) is 5.48 Å². The van der Waals surface area contributed by atoms with Gasteiger partial charge in [-0.15, -0.1) is 18.3 Å². The predicted octanol–water partition coefficient (Wildman–Crippen LogP) is 4.68. The Kier molecular flexibility index (Phi) is 12.3. The van der Waals surface area contributed by atoms with E-state index in [4.69, 9.17) is 10.9 Å². The fourth-order valence-corrected chi connectivity index (χ4v) is 3.49. The van der Waals surface area contributed by atoms with E-state index >= 15 is 0 Å². The van der Waals surface area contributed by atoms with Gasteiger partial charge in [-0.2, -0.15) is 0 Å². The Balaban J connectivity index is 1.87. The van der Waals surface area contributed by atoms with E-state index in [2.05, 4.69) is 15.5 Å². The van der Waals surface area contributed by atoms with E-state index in [0.717, 1.165) is 12.8 Å². The number of nitrogens with zero attached hydrogens (tertiary/aromatic N) is 3. The summed E-state index contributed by atoms with van der Waals surface area (Å²) in [5.41, 5.74) is 8.89. The van der Waals surface area contributed by atoms with Crippen molar-refractivity contribution in [1.29, 1.82) is 0 Å². The highest BCUT2D eigenvalue weighted by Gasteiger charge is 2.26. The summed E-state index contributed by atoms with van der Waals surface area (Å²) in [5, 5.41) is 16.6. The molecule has 0 unspecified atom stereocenters. The van der Waals surface area contributed by atoms with Crippen LogP contribution in [0.4, 0.5) is 24.5 Å². The summed E-state index contributed by atoms with van der Waals surface area (Å²) in [6, 6.07) is 12.3. The Morgan fingerprint density at radius 2 is 1.50 bits per heavy atom. The van der Waals surface area contributed by atoms with Crippen LogP contribution in [0.2, 0.25) is 0 Å². The zero-order valence-electron chi connectivity index (χ0n) is 20.7. The molecule has 0 heterocycles. The summed E-state index contributed by atoms with van der Waals surface area (Å²) in [7, 11) is 0. The Hall–Kier alpha value is -3.84. The second-order valence-electron chi connectivity index (χ2n) is 8.42. The molecule has 3 amide bonds. The summed E-state index contributed by atoms with van der Waals surface area (Å²) >= 11 is 0. The number of anilines is 1. The van der Waals surface area contributed by atoms with Crippen molar-refractivity contribution >= 4 is 29.1 Å². The van der Waals surface area contributed by atoms with E-state index in [1.165, 1.54) is 17.0 Å². The van der Waals surface area contributed by atoms with Gasteiger partial charge in [-0.1, -0.05) is 30.1 Å². The number of nitrogens with one attached hydrogen (secondary N) is 2. The Morgan fingerprint density at radius 1 is 0.895 bits per heavy atom.